The molecule has 1 aliphatic carbocycles. The highest BCUT2D eigenvalue weighted by molar-refractivity contribution is 5.55. The van der Waals surface area contributed by atoms with E-state index in [0.717, 1.165) is 29.6 Å². The van der Waals surface area contributed by atoms with Crippen molar-refractivity contribution in [1.29, 1.82) is 0 Å². The summed E-state index contributed by atoms with van der Waals surface area (Å²) in [7, 11) is 1.69. The van der Waals surface area contributed by atoms with Crippen LogP contribution in [0.4, 0.5) is 5.69 Å². The van der Waals surface area contributed by atoms with Crippen molar-refractivity contribution in [1.82, 2.24) is 4.98 Å². The quantitative estimate of drug-likeness (QED) is 0.861. The van der Waals surface area contributed by atoms with Crippen molar-refractivity contribution in [3.63, 3.8) is 0 Å². The minimum absolute atomic E-state index is 0.837. The topological polar surface area (TPSA) is 34.1 Å². The van der Waals surface area contributed by atoms with E-state index >= 15 is 0 Å². The Morgan fingerprint density at radius 3 is 2.83 bits per heavy atom. The van der Waals surface area contributed by atoms with Gasteiger partial charge in [-0.1, -0.05) is 32.1 Å². The van der Waals surface area contributed by atoms with Gasteiger partial charge in [0.25, 0.3) is 0 Å². The first-order chi connectivity index (χ1) is 8.79. The molecule has 0 bridgehead atoms. The third-order valence-electron chi connectivity index (χ3n) is 3.82. The molecule has 1 heterocycles. The van der Waals surface area contributed by atoms with Crippen LogP contribution >= 0.6 is 0 Å². The molecular formula is C15H24N2O. The van der Waals surface area contributed by atoms with Gasteiger partial charge in [0.15, 0.2) is 5.75 Å². The summed E-state index contributed by atoms with van der Waals surface area (Å²) >= 11 is 0. The zero-order valence-corrected chi connectivity index (χ0v) is 11.5. The molecule has 0 saturated heterocycles. The average Bonchev–Trinajstić information content (AvgIpc) is 2.40. The SMILES string of the molecule is COc1cnc(C)cc1NCCC1CCCCC1. The molecule has 0 radical (unpaired) electrons. The minimum atomic E-state index is 0.837. The van der Waals surface area contributed by atoms with E-state index in [0.29, 0.717) is 0 Å². The first-order valence-corrected chi connectivity index (χ1v) is 7.04. The lowest BCUT2D eigenvalue weighted by Crippen LogP contribution is -2.12. The lowest BCUT2D eigenvalue weighted by Gasteiger charge is -2.22. The number of aryl methyl sites for hydroxylation is 1. The van der Waals surface area contributed by atoms with Crippen molar-refractivity contribution < 1.29 is 4.74 Å². The van der Waals surface area contributed by atoms with E-state index in [2.05, 4.69) is 16.4 Å². The van der Waals surface area contributed by atoms with Crippen LogP contribution in [0.2, 0.25) is 0 Å². The van der Waals surface area contributed by atoms with Gasteiger partial charge in [0.05, 0.1) is 19.0 Å². The van der Waals surface area contributed by atoms with Crippen LogP contribution in [0.1, 0.15) is 44.2 Å². The Morgan fingerprint density at radius 1 is 1.33 bits per heavy atom. The standard InChI is InChI=1S/C15H24N2O/c1-12-10-14(15(18-2)11-17-12)16-9-8-13-6-4-3-5-7-13/h10-11,13H,3-9H2,1-2H3,(H,16,17). The zero-order chi connectivity index (χ0) is 12.8. The molecule has 2 rings (SSSR count). The highest BCUT2D eigenvalue weighted by Crippen LogP contribution is 2.27. The molecule has 0 atom stereocenters. The van der Waals surface area contributed by atoms with Gasteiger partial charge in [-0.05, 0) is 25.3 Å². The third-order valence-corrected chi connectivity index (χ3v) is 3.82. The average molecular weight is 248 g/mol. The molecule has 0 aromatic carbocycles. The van der Waals surface area contributed by atoms with Crippen LogP contribution in [0.5, 0.6) is 5.75 Å². The monoisotopic (exact) mass is 248 g/mol. The van der Waals surface area contributed by atoms with Crippen LogP contribution < -0.4 is 10.1 Å². The smallest absolute Gasteiger partial charge is 0.160 e. The Hall–Kier alpha value is -1.25. The normalized spacial score (nSPS) is 16.6. The highest BCUT2D eigenvalue weighted by atomic mass is 16.5. The molecule has 1 aliphatic rings. The molecule has 0 amide bonds. The Morgan fingerprint density at radius 2 is 2.11 bits per heavy atom. The summed E-state index contributed by atoms with van der Waals surface area (Å²) in [6.45, 7) is 3.04. The van der Waals surface area contributed by atoms with Crippen molar-refractivity contribution in [2.75, 3.05) is 19.0 Å². The molecule has 0 spiro atoms. The molecule has 1 fully saturated rings. The number of hydrogen-bond acceptors (Lipinski definition) is 3. The maximum Gasteiger partial charge on any atom is 0.160 e. The third kappa shape index (κ3) is 3.62. The summed E-state index contributed by atoms with van der Waals surface area (Å²) in [4.78, 5) is 4.24. The van der Waals surface area contributed by atoms with Crippen molar-refractivity contribution in [3.8, 4) is 5.75 Å². The van der Waals surface area contributed by atoms with Crippen molar-refractivity contribution >= 4 is 5.69 Å². The first-order valence-electron chi connectivity index (χ1n) is 7.04. The van der Waals surface area contributed by atoms with Gasteiger partial charge in [-0.2, -0.15) is 0 Å². The van der Waals surface area contributed by atoms with E-state index in [1.165, 1.54) is 38.5 Å². The molecule has 1 aromatic rings. The van der Waals surface area contributed by atoms with Gasteiger partial charge >= 0.3 is 0 Å². The minimum Gasteiger partial charge on any atom is -0.493 e. The highest BCUT2D eigenvalue weighted by Gasteiger charge is 2.13. The van der Waals surface area contributed by atoms with Crippen LogP contribution in [0, 0.1) is 12.8 Å². The number of rotatable bonds is 5. The number of hydrogen-bond donors (Lipinski definition) is 1. The van der Waals surface area contributed by atoms with Gasteiger partial charge in [-0.3, -0.25) is 4.98 Å². The lowest BCUT2D eigenvalue weighted by atomic mass is 9.87. The predicted octanol–water partition coefficient (Wildman–Crippen LogP) is 3.78. The predicted molar refractivity (Wildman–Crippen MR) is 75.2 cm³/mol. The molecule has 3 heteroatoms. The molecule has 18 heavy (non-hydrogen) atoms. The maximum atomic E-state index is 5.32. The molecule has 100 valence electrons. The number of aromatic nitrogens is 1. The van der Waals surface area contributed by atoms with Gasteiger partial charge in [0.1, 0.15) is 0 Å². The molecule has 0 unspecified atom stereocenters. The number of methoxy groups -OCH3 is 1. The lowest BCUT2D eigenvalue weighted by molar-refractivity contribution is 0.345. The van der Waals surface area contributed by atoms with Gasteiger partial charge in [0.2, 0.25) is 0 Å². The Kier molecular flexibility index (Phi) is 4.85. The van der Waals surface area contributed by atoms with Crippen molar-refractivity contribution in [2.24, 2.45) is 5.92 Å². The second-order valence-electron chi connectivity index (χ2n) is 5.25. The molecule has 0 aliphatic heterocycles. The first kappa shape index (κ1) is 13.2. The summed E-state index contributed by atoms with van der Waals surface area (Å²) in [5.74, 6) is 1.75. The van der Waals surface area contributed by atoms with Gasteiger partial charge in [0, 0.05) is 12.2 Å². The van der Waals surface area contributed by atoms with E-state index in [4.69, 9.17) is 4.74 Å². The second kappa shape index (κ2) is 6.62. The molecule has 1 saturated carbocycles. The van der Waals surface area contributed by atoms with E-state index < -0.39 is 0 Å². The van der Waals surface area contributed by atoms with E-state index in [-0.39, 0.29) is 0 Å². The Bertz CT molecular complexity index is 373. The zero-order valence-electron chi connectivity index (χ0n) is 11.5. The van der Waals surface area contributed by atoms with Crippen molar-refractivity contribution in [3.05, 3.63) is 18.0 Å². The summed E-state index contributed by atoms with van der Waals surface area (Å²) in [5, 5.41) is 3.49. The Labute approximate surface area is 110 Å². The molecule has 1 aromatic heterocycles. The summed E-state index contributed by atoms with van der Waals surface area (Å²) in [6, 6.07) is 2.06. The number of nitrogens with zero attached hydrogens (tertiary/aromatic N) is 1. The largest absolute Gasteiger partial charge is 0.493 e. The molecule has 1 N–H and O–H groups in total. The summed E-state index contributed by atoms with van der Waals surface area (Å²) in [5.41, 5.74) is 2.09. The summed E-state index contributed by atoms with van der Waals surface area (Å²) < 4.78 is 5.32. The van der Waals surface area contributed by atoms with Crippen LogP contribution in [0.3, 0.4) is 0 Å². The van der Waals surface area contributed by atoms with Crippen LogP contribution in [-0.2, 0) is 0 Å². The molecular weight excluding hydrogens is 224 g/mol. The number of ether oxygens (including phenoxy) is 1. The second-order valence-corrected chi connectivity index (χ2v) is 5.25. The van der Waals surface area contributed by atoms with E-state index in [1.807, 2.05) is 6.92 Å². The number of anilines is 1. The van der Waals surface area contributed by atoms with Gasteiger partial charge < -0.3 is 10.1 Å². The fourth-order valence-corrected chi connectivity index (χ4v) is 2.73. The van der Waals surface area contributed by atoms with Crippen LogP contribution in [0.25, 0.3) is 0 Å². The molecule has 3 nitrogen and oxygen atoms in total. The Balaban J connectivity index is 1.83. The fraction of sp³-hybridized carbons (Fsp3) is 0.667. The summed E-state index contributed by atoms with van der Waals surface area (Å²) in [6.07, 6.45) is 10.1. The van der Waals surface area contributed by atoms with Crippen LogP contribution in [0.15, 0.2) is 12.3 Å². The fourth-order valence-electron chi connectivity index (χ4n) is 2.73. The maximum absolute atomic E-state index is 5.32. The van der Waals surface area contributed by atoms with Crippen molar-refractivity contribution in [2.45, 2.75) is 45.4 Å². The number of pyridine rings is 1. The van der Waals surface area contributed by atoms with Gasteiger partial charge in [-0.25, -0.2) is 0 Å². The van der Waals surface area contributed by atoms with Crippen LogP contribution in [-0.4, -0.2) is 18.6 Å². The van der Waals surface area contributed by atoms with E-state index in [1.54, 1.807) is 13.3 Å². The van der Waals surface area contributed by atoms with Gasteiger partial charge in [-0.15, -0.1) is 0 Å². The number of nitrogens with one attached hydrogen (secondary N) is 1. The van der Waals surface area contributed by atoms with E-state index in [9.17, 15) is 0 Å².